The van der Waals surface area contributed by atoms with Crippen molar-refractivity contribution in [2.75, 3.05) is 29.9 Å². The Morgan fingerprint density at radius 3 is 2.70 bits per heavy atom. The number of thiophene rings is 1. The quantitative estimate of drug-likeness (QED) is 0.639. The van der Waals surface area contributed by atoms with Crippen molar-refractivity contribution in [3.63, 3.8) is 0 Å². The van der Waals surface area contributed by atoms with Crippen LogP contribution < -0.4 is 15.1 Å². The summed E-state index contributed by atoms with van der Waals surface area (Å²) in [5.74, 6) is 1.07. The van der Waals surface area contributed by atoms with Gasteiger partial charge in [-0.25, -0.2) is 4.98 Å². The molecule has 0 aliphatic carbocycles. The number of nitrogens with one attached hydrogen (secondary N) is 1. The molecule has 1 aromatic carbocycles. The molecule has 1 N–H and O–H groups in total. The highest BCUT2D eigenvalue weighted by Crippen LogP contribution is 2.39. The second-order valence-electron chi connectivity index (χ2n) is 7.92. The minimum atomic E-state index is 0.0561. The fourth-order valence-electron chi connectivity index (χ4n) is 4.28. The van der Waals surface area contributed by atoms with Crippen LogP contribution in [0.25, 0.3) is 10.4 Å². The van der Waals surface area contributed by atoms with E-state index in [-0.39, 0.29) is 5.91 Å². The first-order chi connectivity index (χ1) is 14.5. The predicted molar refractivity (Wildman–Crippen MR) is 124 cm³/mol. The summed E-state index contributed by atoms with van der Waals surface area (Å²) >= 11 is 7.54. The zero-order chi connectivity index (χ0) is 20.8. The van der Waals surface area contributed by atoms with E-state index in [1.54, 1.807) is 11.3 Å². The second-order valence-corrected chi connectivity index (χ2v) is 9.41. The molecule has 0 bridgehead atoms. The molecule has 0 spiro atoms. The Morgan fingerprint density at radius 2 is 2.03 bits per heavy atom. The number of benzene rings is 1. The van der Waals surface area contributed by atoms with Crippen LogP contribution in [0.5, 0.6) is 0 Å². The summed E-state index contributed by atoms with van der Waals surface area (Å²) < 4.78 is 0. The van der Waals surface area contributed by atoms with E-state index in [1.807, 2.05) is 42.4 Å². The van der Waals surface area contributed by atoms with Crippen molar-refractivity contribution in [2.24, 2.45) is 0 Å². The summed E-state index contributed by atoms with van der Waals surface area (Å²) in [7, 11) is 2.01. The van der Waals surface area contributed by atoms with Gasteiger partial charge in [0.1, 0.15) is 5.82 Å². The van der Waals surface area contributed by atoms with Gasteiger partial charge in [-0.05, 0) is 61.3 Å². The Kier molecular flexibility index (Phi) is 5.01. The van der Waals surface area contributed by atoms with Crippen molar-refractivity contribution in [2.45, 2.75) is 25.9 Å². The Hall–Kier alpha value is -2.41. The fourth-order valence-corrected chi connectivity index (χ4v) is 5.53. The third-order valence-electron chi connectivity index (χ3n) is 5.95. The van der Waals surface area contributed by atoms with Gasteiger partial charge in [0, 0.05) is 29.0 Å². The van der Waals surface area contributed by atoms with Crippen molar-refractivity contribution in [1.29, 1.82) is 0 Å². The minimum Gasteiger partial charge on any atom is -0.355 e. The molecule has 5 nitrogen and oxygen atoms in total. The van der Waals surface area contributed by atoms with Gasteiger partial charge >= 0.3 is 0 Å². The molecule has 3 aromatic rings. The molecule has 2 aromatic heterocycles. The number of anilines is 2. The van der Waals surface area contributed by atoms with E-state index in [0.717, 1.165) is 57.5 Å². The average Bonchev–Trinajstić information content (AvgIpc) is 3.45. The van der Waals surface area contributed by atoms with Crippen LogP contribution in [-0.2, 0) is 6.54 Å². The molecule has 1 amide bonds. The summed E-state index contributed by atoms with van der Waals surface area (Å²) in [6.45, 7) is 4.64. The summed E-state index contributed by atoms with van der Waals surface area (Å²) in [5.41, 5.74) is 4.13. The average molecular weight is 439 g/mol. The molecule has 7 heteroatoms. The maximum absolute atomic E-state index is 13.1. The van der Waals surface area contributed by atoms with Gasteiger partial charge in [0.05, 0.1) is 23.3 Å². The number of halogens is 1. The van der Waals surface area contributed by atoms with Crippen molar-refractivity contribution >= 4 is 40.4 Å². The van der Waals surface area contributed by atoms with Crippen LogP contribution in [0.3, 0.4) is 0 Å². The Balaban J connectivity index is 1.36. The highest BCUT2D eigenvalue weighted by molar-refractivity contribution is 7.17. The molecule has 0 radical (unpaired) electrons. The number of pyridine rings is 1. The number of rotatable bonds is 4. The largest absolute Gasteiger partial charge is 0.355 e. The molecule has 154 valence electrons. The van der Waals surface area contributed by atoms with Crippen LogP contribution in [0.4, 0.5) is 11.5 Å². The molecule has 1 atom stereocenters. The van der Waals surface area contributed by atoms with Crippen LogP contribution in [0.1, 0.15) is 27.2 Å². The van der Waals surface area contributed by atoms with Gasteiger partial charge in [0.15, 0.2) is 0 Å². The monoisotopic (exact) mass is 438 g/mol. The van der Waals surface area contributed by atoms with E-state index in [9.17, 15) is 4.79 Å². The number of hydrogen-bond acceptors (Lipinski definition) is 5. The molecule has 5 rings (SSSR count). The number of aryl methyl sites for hydroxylation is 1. The van der Waals surface area contributed by atoms with Crippen LogP contribution in [0, 0.1) is 6.92 Å². The Labute approximate surface area is 185 Å². The van der Waals surface area contributed by atoms with Gasteiger partial charge in [0.2, 0.25) is 0 Å². The lowest BCUT2D eigenvalue weighted by Crippen LogP contribution is -2.30. The summed E-state index contributed by atoms with van der Waals surface area (Å²) in [4.78, 5) is 23.9. The number of amides is 1. The number of fused-ring (bicyclic) bond motifs is 1. The van der Waals surface area contributed by atoms with Gasteiger partial charge in [-0.15, -0.1) is 11.3 Å². The first kappa shape index (κ1) is 19.5. The van der Waals surface area contributed by atoms with E-state index in [4.69, 9.17) is 16.6 Å². The molecule has 0 saturated carbocycles. The SMILES string of the molecule is CNC1CCN(c2ncc(N3Cc4cc(-c5ccc(Cl)cc5)sc4C3=O)cc2C)C1. The molecule has 4 heterocycles. The van der Waals surface area contributed by atoms with Gasteiger partial charge in [-0.1, -0.05) is 23.7 Å². The van der Waals surface area contributed by atoms with Crippen molar-refractivity contribution in [3.8, 4) is 10.4 Å². The number of likely N-dealkylation sites (N-methyl/N-ethyl adjacent to an activating group) is 1. The molecule has 2 aliphatic rings. The number of hydrogen-bond donors (Lipinski definition) is 1. The standard InChI is InChI=1S/C23H23ClN4OS/c1-14-9-19(11-26-22(14)27-8-7-18(13-27)25-2)28-12-16-10-20(30-21(16)23(28)29)15-3-5-17(24)6-4-15/h3-6,9-11,18,25H,7-8,12-13H2,1-2H3. The van der Waals surface area contributed by atoms with E-state index in [1.165, 1.54) is 0 Å². The van der Waals surface area contributed by atoms with Crippen molar-refractivity contribution < 1.29 is 4.79 Å². The third kappa shape index (κ3) is 3.39. The first-order valence-electron chi connectivity index (χ1n) is 10.1. The number of carbonyl (C=O) groups is 1. The highest BCUT2D eigenvalue weighted by atomic mass is 35.5. The Morgan fingerprint density at radius 1 is 1.23 bits per heavy atom. The zero-order valence-electron chi connectivity index (χ0n) is 17.0. The number of nitrogens with zero attached hydrogens (tertiary/aromatic N) is 3. The maximum Gasteiger partial charge on any atom is 0.269 e. The van der Waals surface area contributed by atoms with Crippen LogP contribution in [-0.4, -0.2) is 37.1 Å². The molecule has 30 heavy (non-hydrogen) atoms. The predicted octanol–water partition coefficient (Wildman–Crippen LogP) is 4.73. The minimum absolute atomic E-state index is 0.0561. The molecular weight excluding hydrogens is 416 g/mol. The maximum atomic E-state index is 13.1. The molecule has 2 aliphatic heterocycles. The lowest BCUT2D eigenvalue weighted by atomic mass is 10.1. The summed E-state index contributed by atoms with van der Waals surface area (Å²) in [6.07, 6.45) is 2.96. The molecule has 1 saturated heterocycles. The third-order valence-corrected chi connectivity index (χ3v) is 7.42. The second kappa shape index (κ2) is 7.69. The smallest absolute Gasteiger partial charge is 0.269 e. The Bertz CT molecular complexity index is 1110. The van der Waals surface area contributed by atoms with Crippen molar-refractivity contribution in [1.82, 2.24) is 10.3 Å². The highest BCUT2D eigenvalue weighted by Gasteiger charge is 2.32. The molecular formula is C23H23ClN4OS. The van der Waals surface area contributed by atoms with Crippen LogP contribution >= 0.6 is 22.9 Å². The van der Waals surface area contributed by atoms with Gasteiger partial charge in [-0.3, -0.25) is 4.79 Å². The molecule has 1 unspecified atom stereocenters. The van der Waals surface area contributed by atoms with Gasteiger partial charge < -0.3 is 15.1 Å². The van der Waals surface area contributed by atoms with E-state index in [0.29, 0.717) is 17.6 Å². The van der Waals surface area contributed by atoms with Gasteiger partial charge in [0.25, 0.3) is 5.91 Å². The van der Waals surface area contributed by atoms with E-state index >= 15 is 0 Å². The first-order valence-corrected chi connectivity index (χ1v) is 11.3. The lowest BCUT2D eigenvalue weighted by Gasteiger charge is -2.22. The number of aromatic nitrogens is 1. The van der Waals surface area contributed by atoms with Gasteiger partial charge in [-0.2, -0.15) is 0 Å². The van der Waals surface area contributed by atoms with E-state index in [2.05, 4.69) is 29.3 Å². The summed E-state index contributed by atoms with van der Waals surface area (Å²) in [5, 5.41) is 4.06. The zero-order valence-corrected chi connectivity index (χ0v) is 18.6. The van der Waals surface area contributed by atoms with E-state index < -0.39 is 0 Å². The van der Waals surface area contributed by atoms with Crippen LogP contribution in [0.15, 0.2) is 42.6 Å². The lowest BCUT2D eigenvalue weighted by molar-refractivity contribution is 0.1000. The molecule has 1 fully saturated rings. The fraction of sp³-hybridized carbons (Fsp3) is 0.304. The normalized spacial score (nSPS) is 18.4. The summed E-state index contributed by atoms with van der Waals surface area (Å²) in [6, 6.07) is 12.5. The topological polar surface area (TPSA) is 48.5 Å². The number of carbonyl (C=O) groups excluding carboxylic acids is 1. The van der Waals surface area contributed by atoms with Crippen LogP contribution in [0.2, 0.25) is 5.02 Å². The van der Waals surface area contributed by atoms with Crippen molar-refractivity contribution in [3.05, 3.63) is 63.6 Å².